The van der Waals surface area contributed by atoms with Crippen molar-refractivity contribution in [3.8, 4) is 0 Å². The third-order valence-corrected chi connectivity index (χ3v) is 5.80. The van der Waals surface area contributed by atoms with Crippen molar-refractivity contribution < 1.29 is 4.79 Å². The fraction of sp³-hybridized carbons (Fsp3) is 0.600. The Balaban J connectivity index is 1.71. The molecule has 1 saturated heterocycles. The molecule has 7 nitrogen and oxygen atoms in total. The Labute approximate surface area is 160 Å². The summed E-state index contributed by atoms with van der Waals surface area (Å²) in [6.07, 6.45) is 7.01. The van der Waals surface area contributed by atoms with Crippen LogP contribution in [0.5, 0.6) is 0 Å². The second kappa shape index (κ2) is 6.94. The molecule has 0 bridgehead atoms. The Bertz CT molecular complexity index is 874. The first-order chi connectivity index (χ1) is 13.0. The topological polar surface area (TPSA) is 67.2 Å². The molecule has 7 heteroatoms. The van der Waals surface area contributed by atoms with Crippen molar-refractivity contribution in [1.82, 2.24) is 24.6 Å². The minimum absolute atomic E-state index is 0.0395. The first kappa shape index (κ1) is 17.9. The van der Waals surface area contributed by atoms with Crippen LogP contribution in [0.2, 0.25) is 0 Å². The van der Waals surface area contributed by atoms with Gasteiger partial charge in [0.15, 0.2) is 5.82 Å². The molecule has 0 aliphatic carbocycles. The van der Waals surface area contributed by atoms with Crippen LogP contribution in [-0.2, 0) is 13.5 Å². The molecule has 144 valence electrons. The number of rotatable bonds is 2. The van der Waals surface area contributed by atoms with E-state index in [1.165, 1.54) is 5.56 Å². The van der Waals surface area contributed by atoms with Crippen LogP contribution in [0.25, 0.3) is 0 Å². The fourth-order valence-electron chi connectivity index (χ4n) is 4.37. The number of aromatic nitrogens is 4. The number of piperidine rings is 1. The van der Waals surface area contributed by atoms with Gasteiger partial charge in [-0.25, -0.2) is 9.97 Å². The van der Waals surface area contributed by atoms with Crippen molar-refractivity contribution in [2.24, 2.45) is 7.05 Å². The van der Waals surface area contributed by atoms with Crippen LogP contribution in [0.4, 0.5) is 5.82 Å². The molecule has 0 saturated carbocycles. The molecule has 2 aromatic rings. The highest BCUT2D eigenvalue weighted by Crippen LogP contribution is 2.34. The molecule has 2 aliphatic heterocycles. The molecule has 1 amide bonds. The van der Waals surface area contributed by atoms with E-state index < -0.39 is 0 Å². The first-order valence-corrected chi connectivity index (χ1v) is 9.85. The molecule has 0 unspecified atom stereocenters. The maximum absolute atomic E-state index is 13.3. The van der Waals surface area contributed by atoms with Gasteiger partial charge in [0, 0.05) is 44.6 Å². The van der Waals surface area contributed by atoms with Crippen molar-refractivity contribution in [2.75, 3.05) is 25.0 Å². The molecular formula is C20H28N6O. The van der Waals surface area contributed by atoms with Gasteiger partial charge in [0.1, 0.15) is 5.82 Å². The van der Waals surface area contributed by atoms with E-state index in [1.807, 2.05) is 25.1 Å². The molecule has 0 spiro atoms. The zero-order valence-electron chi connectivity index (χ0n) is 16.7. The minimum Gasteiger partial charge on any atom is -0.359 e. The lowest BCUT2D eigenvalue weighted by Gasteiger charge is -2.36. The number of hydrogen-bond acceptors (Lipinski definition) is 5. The van der Waals surface area contributed by atoms with Gasteiger partial charge in [0.05, 0.1) is 17.3 Å². The van der Waals surface area contributed by atoms with E-state index in [2.05, 4.69) is 24.0 Å². The number of aryl methyl sites for hydroxylation is 3. The zero-order chi connectivity index (χ0) is 19.1. The lowest BCUT2D eigenvalue weighted by atomic mass is 9.99. The van der Waals surface area contributed by atoms with Crippen molar-refractivity contribution in [3.63, 3.8) is 0 Å². The van der Waals surface area contributed by atoms with Gasteiger partial charge in [-0.2, -0.15) is 5.10 Å². The molecule has 0 N–H and O–H groups in total. The smallest absolute Gasteiger partial charge is 0.257 e. The van der Waals surface area contributed by atoms with Gasteiger partial charge in [-0.05, 0) is 46.0 Å². The summed E-state index contributed by atoms with van der Waals surface area (Å²) in [5.74, 6) is 1.87. The fourth-order valence-corrected chi connectivity index (χ4v) is 4.37. The average Bonchev–Trinajstić information content (AvgIpc) is 3.00. The Morgan fingerprint density at radius 1 is 1.07 bits per heavy atom. The molecule has 0 radical (unpaired) electrons. The van der Waals surface area contributed by atoms with Crippen LogP contribution in [0, 0.1) is 13.8 Å². The van der Waals surface area contributed by atoms with Crippen molar-refractivity contribution in [1.29, 1.82) is 0 Å². The minimum atomic E-state index is -0.0646. The summed E-state index contributed by atoms with van der Waals surface area (Å²) in [5, 5.41) is 4.34. The van der Waals surface area contributed by atoms with E-state index in [0.717, 1.165) is 68.2 Å². The van der Waals surface area contributed by atoms with Crippen molar-refractivity contribution in [2.45, 2.75) is 52.0 Å². The van der Waals surface area contributed by atoms with Crippen LogP contribution in [0.15, 0.2) is 6.20 Å². The van der Waals surface area contributed by atoms with Gasteiger partial charge in [-0.3, -0.25) is 9.48 Å². The van der Waals surface area contributed by atoms with Crippen LogP contribution < -0.4 is 4.90 Å². The lowest BCUT2D eigenvalue weighted by Crippen LogP contribution is -2.40. The van der Waals surface area contributed by atoms with Gasteiger partial charge >= 0.3 is 0 Å². The molecule has 1 fully saturated rings. The van der Waals surface area contributed by atoms with E-state index in [4.69, 9.17) is 9.97 Å². The molecule has 2 aliphatic rings. The third kappa shape index (κ3) is 3.19. The van der Waals surface area contributed by atoms with E-state index in [0.29, 0.717) is 5.56 Å². The highest BCUT2D eigenvalue weighted by molar-refractivity contribution is 5.95. The Morgan fingerprint density at radius 3 is 2.63 bits per heavy atom. The number of carbonyl (C=O) groups excluding carboxylic acids is 1. The molecular weight excluding hydrogens is 340 g/mol. The molecule has 2 aromatic heterocycles. The van der Waals surface area contributed by atoms with Crippen LogP contribution in [0.1, 0.15) is 64.9 Å². The van der Waals surface area contributed by atoms with Crippen LogP contribution in [0.3, 0.4) is 0 Å². The number of fused-ring (bicyclic) bond motifs is 1. The lowest BCUT2D eigenvalue weighted by molar-refractivity contribution is 0.0598. The third-order valence-electron chi connectivity index (χ3n) is 5.80. The molecule has 27 heavy (non-hydrogen) atoms. The molecule has 0 aromatic carbocycles. The molecule has 1 atom stereocenters. The standard InChI is InChI=1S/C20H28N6O/c1-13-15-8-7-10-24(3)19(15)22-18(21-13)17-9-5-6-11-26(17)20(27)16-12-25(4)23-14(16)2/h12,17H,5-11H2,1-4H3/t17-/m0/s1. The van der Waals surface area contributed by atoms with Gasteiger partial charge in [-0.1, -0.05) is 0 Å². The van der Waals surface area contributed by atoms with E-state index >= 15 is 0 Å². The number of nitrogens with zero attached hydrogens (tertiary/aromatic N) is 6. The van der Waals surface area contributed by atoms with Crippen molar-refractivity contribution in [3.05, 3.63) is 34.5 Å². The highest BCUT2D eigenvalue weighted by atomic mass is 16.2. The Morgan fingerprint density at radius 2 is 1.89 bits per heavy atom. The van der Waals surface area contributed by atoms with Gasteiger partial charge in [0.25, 0.3) is 5.91 Å². The Hall–Kier alpha value is -2.44. The van der Waals surface area contributed by atoms with E-state index in [-0.39, 0.29) is 11.9 Å². The molecule has 4 rings (SSSR count). The predicted octanol–water partition coefficient (Wildman–Crippen LogP) is 2.58. The van der Waals surface area contributed by atoms with E-state index in [9.17, 15) is 4.79 Å². The van der Waals surface area contributed by atoms with E-state index in [1.54, 1.807) is 4.68 Å². The number of likely N-dealkylation sites (tertiary alicyclic amines) is 1. The quantitative estimate of drug-likeness (QED) is 0.815. The summed E-state index contributed by atoms with van der Waals surface area (Å²) < 4.78 is 1.70. The predicted molar refractivity (Wildman–Crippen MR) is 104 cm³/mol. The first-order valence-electron chi connectivity index (χ1n) is 9.85. The average molecular weight is 368 g/mol. The summed E-state index contributed by atoms with van der Waals surface area (Å²) in [4.78, 5) is 27.2. The second-order valence-electron chi connectivity index (χ2n) is 7.81. The SMILES string of the molecule is Cc1nn(C)cc1C(=O)N1CCCC[C@H]1c1nc(C)c2c(n1)N(C)CCC2. The second-order valence-corrected chi connectivity index (χ2v) is 7.81. The number of hydrogen-bond donors (Lipinski definition) is 0. The highest BCUT2D eigenvalue weighted by Gasteiger charge is 2.33. The van der Waals surface area contributed by atoms with Gasteiger partial charge in [0.2, 0.25) is 0 Å². The van der Waals surface area contributed by atoms with Crippen LogP contribution in [-0.4, -0.2) is 50.7 Å². The van der Waals surface area contributed by atoms with Crippen molar-refractivity contribution >= 4 is 11.7 Å². The van der Waals surface area contributed by atoms with Crippen LogP contribution >= 0.6 is 0 Å². The number of amides is 1. The summed E-state index contributed by atoms with van der Waals surface area (Å²) in [6, 6.07) is -0.0646. The monoisotopic (exact) mass is 368 g/mol. The number of anilines is 1. The largest absolute Gasteiger partial charge is 0.359 e. The number of carbonyl (C=O) groups is 1. The summed E-state index contributed by atoms with van der Waals surface area (Å²) in [6.45, 7) is 5.72. The normalized spacial score (nSPS) is 19.9. The van der Waals surface area contributed by atoms with Gasteiger partial charge in [-0.15, -0.1) is 0 Å². The van der Waals surface area contributed by atoms with Gasteiger partial charge < -0.3 is 9.80 Å². The summed E-state index contributed by atoms with van der Waals surface area (Å²) in [5.41, 5.74) is 3.76. The summed E-state index contributed by atoms with van der Waals surface area (Å²) in [7, 11) is 3.94. The molecule has 4 heterocycles. The zero-order valence-corrected chi connectivity index (χ0v) is 16.7. The Kier molecular flexibility index (Phi) is 4.61. The maximum Gasteiger partial charge on any atom is 0.257 e. The maximum atomic E-state index is 13.3. The summed E-state index contributed by atoms with van der Waals surface area (Å²) >= 11 is 0.